The first-order valence-electron chi connectivity index (χ1n) is 21.5. The van der Waals surface area contributed by atoms with Gasteiger partial charge < -0.3 is 34.3 Å². The Balaban J connectivity index is 2.51. The molecule has 1 heterocycles. The third-order valence-corrected chi connectivity index (χ3v) is 10.4. The van der Waals surface area contributed by atoms with E-state index in [1.807, 2.05) is 0 Å². The molecule has 6 atom stereocenters. The van der Waals surface area contributed by atoms with E-state index in [9.17, 15) is 37.9 Å². The van der Waals surface area contributed by atoms with Crippen LogP contribution in [0.3, 0.4) is 0 Å². The first kappa shape index (κ1) is 51.9. The van der Waals surface area contributed by atoms with Crippen molar-refractivity contribution in [2.75, 3.05) is 19.0 Å². The van der Waals surface area contributed by atoms with Gasteiger partial charge in [-0.05, 0) is 70.6 Å². The zero-order valence-electron chi connectivity index (χ0n) is 34.5. The molecular weight excluding hydrogens is 741 g/mol. The smallest absolute Gasteiger partial charge is 0.306 e. The number of ether oxygens (including phenoxy) is 4. The van der Waals surface area contributed by atoms with E-state index in [4.69, 9.17) is 18.9 Å². The molecule has 1 aliphatic heterocycles. The molecule has 1 fully saturated rings. The van der Waals surface area contributed by atoms with Crippen molar-refractivity contribution in [3.63, 3.8) is 0 Å². The number of hydrogen-bond donors (Lipinski definition) is 4. The molecule has 1 aliphatic rings. The van der Waals surface area contributed by atoms with Crippen LogP contribution >= 0.6 is 0 Å². The second kappa shape index (κ2) is 33.8. The van der Waals surface area contributed by atoms with E-state index >= 15 is 0 Å². The lowest BCUT2D eigenvalue weighted by atomic mass is 10.00. The van der Waals surface area contributed by atoms with Gasteiger partial charge in [0.1, 0.15) is 36.8 Å². The van der Waals surface area contributed by atoms with Crippen molar-refractivity contribution in [1.82, 2.24) is 0 Å². The second-order valence-electron chi connectivity index (χ2n) is 15.0. The topological polar surface area (TPSA) is 186 Å². The molecule has 0 radical (unpaired) electrons. The first-order valence-corrected chi connectivity index (χ1v) is 23.2. The van der Waals surface area contributed by atoms with E-state index in [0.717, 1.165) is 51.4 Å². The van der Waals surface area contributed by atoms with Gasteiger partial charge in [0.05, 0.1) is 6.61 Å². The molecule has 0 bridgehead atoms. The minimum Gasteiger partial charge on any atom is -0.462 e. The molecule has 13 heteroatoms. The normalized spacial score (nSPS) is 21.0. The molecule has 0 saturated carbocycles. The van der Waals surface area contributed by atoms with Crippen LogP contribution in [0.25, 0.3) is 0 Å². The number of allylic oxidation sites excluding steroid dienone is 6. The molecule has 4 N–H and O–H groups in total. The summed E-state index contributed by atoms with van der Waals surface area (Å²) in [6.45, 7) is 3.69. The summed E-state index contributed by atoms with van der Waals surface area (Å²) in [7, 11) is -4.60. The molecule has 326 valence electrons. The quantitative estimate of drug-likeness (QED) is 0.0208. The molecule has 12 nitrogen and oxygen atoms in total. The number of aliphatic hydroxyl groups is 3. The van der Waals surface area contributed by atoms with E-state index in [0.29, 0.717) is 12.8 Å². The van der Waals surface area contributed by atoms with E-state index in [2.05, 4.69) is 50.3 Å². The zero-order valence-corrected chi connectivity index (χ0v) is 35.3. The Bertz CT molecular complexity index is 1190. The van der Waals surface area contributed by atoms with Gasteiger partial charge in [-0.1, -0.05) is 121 Å². The van der Waals surface area contributed by atoms with Crippen molar-refractivity contribution in [3.05, 3.63) is 36.5 Å². The van der Waals surface area contributed by atoms with Crippen LogP contribution < -0.4 is 0 Å². The third-order valence-electron chi connectivity index (χ3n) is 9.69. The Hall–Kier alpha value is -2.13. The summed E-state index contributed by atoms with van der Waals surface area (Å²) in [5.74, 6) is -2.05. The minimum absolute atomic E-state index is 0.137. The fourth-order valence-electron chi connectivity index (χ4n) is 6.29. The SMILES string of the molecule is CCCCCCCC/C=C/C/C=C/CCCCC(=O)OC[C@H](CO[C@H]1O[C@H](CS(=O)(=O)O)[C@@H](O)C(O)C1O)OC(=O)CCCCC/C=C/CCCCCCCC. The van der Waals surface area contributed by atoms with Crippen LogP contribution in [0.2, 0.25) is 0 Å². The first-order chi connectivity index (χ1) is 27.0. The van der Waals surface area contributed by atoms with Crippen LogP contribution in [0.5, 0.6) is 0 Å². The highest BCUT2D eigenvalue weighted by Gasteiger charge is 2.46. The van der Waals surface area contributed by atoms with Crippen molar-refractivity contribution >= 4 is 22.1 Å². The predicted octanol–water partition coefficient (Wildman–Crippen LogP) is 8.22. The maximum absolute atomic E-state index is 12.8. The summed E-state index contributed by atoms with van der Waals surface area (Å²) in [4.78, 5) is 25.3. The van der Waals surface area contributed by atoms with Crippen LogP contribution in [-0.4, -0.2) is 96.0 Å². The Morgan fingerprint density at radius 1 is 0.607 bits per heavy atom. The third kappa shape index (κ3) is 28.3. The zero-order chi connectivity index (χ0) is 41.3. The highest BCUT2D eigenvalue weighted by molar-refractivity contribution is 7.85. The van der Waals surface area contributed by atoms with Crippen LogP contribution in [0, 0.1) is 0 Å². The van der Waals surface area contributed by atoms with Gasteiger partial charge in [0.15, 0.2) is 12.4 Å². The lowest BCUT2D eigenvalue weighted by Crippen LogP contribution is -2.60. The summed E-state index contributed by atoms with van der Waals surface area (Å²) < 4.78 is 53.9. The van der Waals surface area contributed by atoms with Crippen molar-refractivity contribution in [3.8, 4) is 0 Å². The second-order valence-corrected chi connectivity index (χ2v) is 16.5. The maximum Gasteiger partial charge on any atom is 0.306 e. The largest absolute Gasteiger partial charge is 0.462 e. The summed E-state index contributed by atoms with van der Waals surface area (Å²) in [6.07, 6.45) is 27.7. The molecule has 1 saturated heterocycles. The molecule has 2 unspecified atom stereocenters. The minimum atomic E-state index is -4.60. The summed E-state index contributed by atoms with van der Waals surface area (Å²) >= 11 is 0. The van der Waals surface area contributed by atoms with E-state index in [1.54, 1.807) is 0 Å². The van der Waals surface area contributed by atoms with Crippen molar-refractivity contribution in [2.45, 2.75) is 205 Å². The molecule has 0 amide bonds. The molecule has 1 rings (SSSR count). The van der Waals surface area contributed by atoms with Crippen molar-refractivity contribution < 1.29 is 56.8 Å². The van der Waals surface area contributed by atoms with Crippen LogP contribution in [-0.2, 0) is 38.7 Å². The van der Waals surface area contributed by atoms with E-state index in [-0.39, 0.29) is 19.4 Å². The number of carbonyl (C=O) groups excluding carboxylic acids is 2. The highest BCUT2D eigenvalue weighted by Crippen LogP contribution is 2.24. The number of aliphatic hydroxyl groups excluding tert-OH is 3. The highest BCUT2D eigenvalue weighted by atomic mass is 32.2. The van der Waals surface area contributed by atoms with E-state index in [1.165, 1.54) is 77.0 Å². The number of hydrogen-bond acceptors (Lipinski definition) is 11. The number of unbranched alkanes of at least 4 members (excludes halogenated alkanes) is 17. The van der Waals surface area contributed by atoms with Crippen LogP contribution in [0.1, 0.15) is 168 Å². The molecule has 0 aromatic rings. The number of rotatable bonds is 35. The van der Waals surface area contributed by atoms with Gasteiger partial charge >= 0.3 is 11.9 Å². The van der Waals surface area contributed by atoms with Crippen molar-refractivity contribution in [1.29, 1.82) is 0 Å². The average Bonchev–Trinajstić information content (AvgIpc) is 3.16. The number of carbonyl (C=O) groups is 2. The summed E-state index contributed by atoms with van der Waals surface area (Å²) in [5.41, 5.74) is 0. The lowest BCUT2D eigenvalue weighted by molar-refractivity contribution is -0.297. The molecule has 0 aromatic heterocycles. The fourth-order valence-corrected chi connectivity index (χ4v) is 6.98. The van der Waals surface area contributed by atoms with Gasteiger partial charge in [-0.25, -0.2) is 0 Å². The Kier molecular flexibility index (Phi) is 31.3. The maximum atomic E-state index is 12.8. The number of esters is 2. The fraction of sp³-hybridized carbons (Fsp3) is 0.814. The van der Waals surface area contributed by atoms with Gasteiger partial charge in [-0.15, -0.1) is 0 Å². The van der Waals surface area contributed by atoms with Crippen LogP contribution in [0.4, 0.5) is 0 Å². The van der Waals surface area contributed by atoms with Gasteiger partial charge in [0, 0.05) is 12.8 Å². The Morgan fingerprint density at radius 3 is 1.62 bits per heavy atom. The predicted molar refractivity (Wildman–Crippen MR) is 219 cm³/mol. The summed E-state index contributed by atoms with van der Waals surface area (Å²) in [6, 6.07) is 0. The van der Waals surface area contributed by atoms with Gasteiger partial charge in [0.25, 0.3) is 10.1 Å². The van der Waals surface area contributed by atoms with Crippen LogP contribution in [0.15, 0.2) is 36.5 Å². The van der Waals surface area contributed by atoms with E-state index < -0.39 is 71.2 Å². The molecular formula is C43H76O12S. The molecule has 56 heavy (non-hydrogen) atoms. The van der Waals surface area contributed by atoms with Gasteiger partial charge in [0.2, 0.25) is 0 Å². The Labute approximate surface area is 338 Å². The lowest BCUT2D eigenvalue weighted by Gasteiger charge is -2.40. The van der Waals surface area contributed by atoms with Gasteiger partial charge in [-0.2, -0.15) is 8.42 Å². The molecule has 0 spiro atoms. The standard InChI is InChI=1S/C43H76O12S/c1-3-5-7-9-11-13-15-17-18-20-21-23-25-27-29-31-38(44)52-33-36(34-53-43-42(48)41(47)40(46)37(55-43)35-56(49,50)51)54-39(45)32-30-28-26-24-22-19-16-14-12-10-8-6-4-2/h17-19,21-23,36-37,40-43,46-48H,3-16,20,24-35H2,1-2H3,(H,49,50,51)/b18-17+,22-19+,23-21+/t36-,37-,40-,41?,42?,43+/m1/s1. The van der Waals surface area contributed by atoms with Crippen molar-refractivity contribution in [2.24, 2.45) is 0 Å². The molecule has 0 aromatic carbocycles. The summed E-state index contributed by atoms with van der Waals surface area (Å²) in [5, 5.41) is 30.8. The monoisotopic (exact) mass is 817 g/mol. The average molecular weight is 817 g/mol. The molecule has 0 aliphatic carbocycles. The van der Waals surface area contributed by atoms with Gasteiger partial charge in [-0.3, -0.25) is 14.1 Å². The Morgan fingerprint density at radius 2 is 1.07 bits per heavy atom.